The number of rotatable bonds is 4. The van der Waals surface area contributed by atoms with Gasteiger partial charge in [0.1, 0.15) is 0 Å². The van der Waals surface area contributed by atoms with Gasteiger partial charge in [-0.05, 0) is 54.6 Å². The van der Waals surface area contributed by atoms with Gasteiger partial charge in [-0.2, -0.15) is 0 Å². The average molecular weight is 388 g/mol. The van der Waals surface area contributed by atoms with Gasteiger partial charge in [0.05, 0.1) is 20.5 Å². The van der Waals surface area contributed by atoms with E-state index in [0.717, 1.165) is 0 Å². The second-order valence-corrected chi connectivity index (χ2v) is 6.77. The average Bonchev–Trinajstić information content (AvgIpc) is 2.92. The monoisotopic (exact) mass is 387 g/mol. The number of carbonyl (C=O) groups is 1. The highest BCUT2D eigenvalue weighted by molar-refractivity contribution is 8.18. The lowest BCUT2D eigenvalue weighted by molar-refractivity contribution is -0.384. The molecule has 2 aromatic rings. The number of nitro groups is 1. The first-order valence-electron chi connectivity index (χ1n) is 7.78. The summed E-state index contributed by atoms with van der Waals surface area (Å²) in [6.07, 6.45) is 1.70. The van der Waals surface area contributed by atoms with E-state index < -0.39 is 4.92 Å². The molecule has 0 radical (unpaired) electrons. The Morgan fingerprint density at radius 2 is 1.92 bits per heavy atom. The third kappa shape index (κ3) is 3.79. The van der Waals surface area contributed by atoms with Crippen molar-refractivity contribution in [3.05, 3.63) is 74.1 Å². The summed E-state index contributed by atoms with van der Waals surface area (Å²) >= 11 is 7.40. The van der Waals surface area contributed by atoms with Gasteiger partial charge in [-0.25, -0.2) is 4.99 Å². The number of likely N-dealkylation sites (N-methyl/N-ethyl adjacent to an activating group) is 1. The number of nitrogens with zero attached hydrogens (tertiary/aromatic N) is 3. The number of amides is 1. The molecule has 132 valence electrons. The van der Waals surface area contributed by atoms with Crippen molar-refractivity contribution in [3.8, 4) is 0 Å². The number of aliphatic imine (C=N–C) groups is 1. The number of halogens is 1. The van der Waals surface area contributed by atoms with Crippen LogP contribution in [0.5, 0.6) is 0 Å². The maximum Gasteiger partial charge on any atom is 0.269 e. The number of non-ortho nitro benzene ring substituents is 1. The highest BCUT2D eigenvalue weighted by Gasteiger charge is 2.32. The summed E-state index contributed by atoms with van der Waals surface area (Å²) in [6, 6.07) is 13.2. The Labute approximate surface area is 159 Å². The molecule has 0 unspecified atom stereocenters. The third-order valence-corrected chi connectivity index (χ3v) is 5.00. The number of thioether (sulfide) groups is 1. The van der Waals surface area contributed by atoms with Crippen LogP contribution in [0.4, 0.5) is 11.4 Å². The van der Waals surface area contributed by atoms with Gasteiger partial charge in [-0.1, -0.05) is 23.7 Å². The highest BCUT2D eigenvalue weighted by Crippen LogP contribution is 2.35. The molecule has 1 amide bonds. The first-order chi connectivity index (χ1) is 12.5. The van der Waals surface area contributed by atoms with Crippen LogP contribution in [-0.2, 0) is 4.79 Å². The van der Waals surface area contributed by atoms with Gasteiger partial charge < -0.3 is 0 Å². The summed E-state index contributed by atoms with van der Waals surface area (Å²) in [5.74, 6) is -0.151. The molecule has 2 aromatic carbocycles. The van der Waals surface area contributed by atoms with Gasteiger partial charge >= 0.3 is 0 Å². The van der Waals surface area contributed by atoms with E-state index in [0.29, 0.717) is 32.9 Å². The summed E-state index contributed by atoms with van der Waals surface area (Å²) in [7, 11) is 0. The van der Waals surface area contributed by atoms with Gasteiger partial charge in [0.25, 0.3) is 11.6 Å². The Morgan fingerprint density at radius 3 is 2.54 bits per heavy atom. The molecule has 0 saturated carbocycles. The zero-order chi connectivity index (χ0) is 18.7. The number of hydrogen-bond acceptors (Lipinski definition) is 5. The molecular weight excluding hydrogens is 374 g/mol. The molecule has 0 spiro atoms. The lowest BCUT2D eigenvalue weighted by Crippen LogP contribution is -2.28. The summed E-state index contributed by atoms with van der Waals surface area (Å²) in [6.45, 7) is 2.35. The van der Waals surface area contributed by atoms with Crippen molar-refractivity contribution in [3.63, 3.8) is 0 Å². The van der Waals surface area contributed by atoms with Crippen LogP contribution in [0.2, 0.25) is 5.02 Å². The molecule has 1 heterocycles. The zero-order valence-corrected chi connectivity index (χ0v) is 15.3. The fourth-order valence-corrected chi connectivity index (χ4v) is 3.59. The van der Waals surface area contributed by atoms with Gasteiger partial charge in [-0.15, -0.1) is 0 Å². The molecular formula is C18H14ClN3O3S. The Hall–Kier alpha value is -2.64. The normalized spacial score (nSPS) is 17.3. The van der Waals surface area contributed by atoms with Crippen molar-refractivity contribution in [2.45, 2.75) is 6.92 Å². The van der Waals surface area contributed by atoms with Crippen LogP contribution in [0.3, 0.4) is 0 Å². The van der Waals surface area contributed by atoms with Crippen LogP contribution >= 0.6 is 23.4 Å². The van der Waals surface area contributed by atoms with Gasteiger partial charge in [-0.3, -0.25) is 19.8 Å². The van der Waals surface area contributed by atoms with E-state index in [1.165, 1.54) is 23.9 Å². The van der Waals surface area contributed by atoms with Crippen LogP contribution in [-0.4, -0.2) is 27.4 Å². The van der Waals surface area contributed by atoms with E-state index in [2.05, 4.69) is 4.99 Å². The lowest BCUT2D eigenvalue weighted by atomic mass is 10.2. The Kier molecular flexibility index (Phi) is 5.39. The standard InChI is InChI=1S/C18H14ClN3O3S/c1-2-21-17(23)16(11-12-7-9-13(10-8-12)22(24)25)26-18(21)20-15-6-4-3-5-14(15)19/h3-11H,2H2,1H3/b16-11+,20-18?. The molecule has 1 aliphatic rings. The molecule has 3 rings (SSSR count). The van der Waals surface area contributed by atoms with Crippen molar-refractivity contribution in [1.82, 2.24) is 4.90 Å². The zero-order valence-electron chi connectivity index (χ0n) is 13.8. The Bertz CT molecular complexity index is 926. The van der Waals surface area contributed by atoms with Crippen LogP contribution < -0.4 is 0 Å². The highest BCUT2D eigenvalue weighted by atomic mass is 35.5. The molecule has 0 N–H and O–H groups in total. The van der Waals surface area contributed by atoms with Crippen molar-refractivity contribution < 1.29 is 9.72 Å². The minimum absolute atomic E-state index is 0.00806. The Morgan fingerprint density at radius 1 is 1.23 bits per heavy atom. The van der Waals surface area contributed by atoms with Crippen LogP contribution in [0, 0.1) is 10.1 Å². The molecule has 0 atom stereocenters. The smallest absolute Gasteiger partial charge is 0.269 e. The number of benzene rings is 2. The molecule has 0 aliphatic carbocycles. The van der Waals surface area contributed by atoms with Gasteiger partial charge in [0.15, 0.2) is 5.17 Å². The van der Waals surface area contributed by atoms with Crippen molar-refractivity contribution >= 4 is 51.9 Å². The quantitative estimate of drug-likeness (QED) is 0.426. The minimum atomic E-state index is -0.459. The molecule has 0 bridgehead atoms. The number of carbonyl (C=O) groups excluding carboxylic acids is 1. The van der Waals surface area contributed by atoms with Crippen molar-refractivity contribution in [1.29, 1.82) is 0 Å². The fourth-order valence-electron chi connectivity index (χ4n) is 2.36. The fraction of sp³-hybridized carbons (Fsp3) is 0.111. The van der Waals surface area contributed by atoms with Gasteiger partial charge in [0.2, 0.25) is 0 Å². The second-order valence-electron chi connectivity index (χ2n) is 5.35. The predicted molar refractivity (Wildman–Crippen MR) is 105 cm³/mol. The molecule has 8 heteroatoms. The first-order valence-corrected chi connectivity index (χ1v) is 8.98. The first kappa shape index (κ1) is 18.2. The van der Waals surface area contributed by atoms with E-state index in [1.807, 2.05) is 19.1 Å². The molecule has 1 aliphatic heterocycles. The lowest BCUT2D eigenvalue weighted by Gasteiger charge is -2.12. The molecule has 1 saturated heterocycles. The summed E-state index contributed by atoms with van der Waals surface area (Å²) in [5.41, 5.74) is 1.31. The van der Waals surface area contributed by atoms with Gasteiger partial charge in [0, 0.05) is 18.7 Å². The van der Waals surface area contributed by atoms with Crippen molar-refractivity contribution in [2.75, 3.05) is 6.54 Å². The van der Waals surface area contributed by atoms with Crippen LogP contribution in [0.1, 0.15) is 12.5 Å². The van der Waals surface area contributed by atoms with Crippen molar-refractivity contribution in [2.24, 2.45) is 4.99 Å². The number of hydrogen-bond donors (Lipinski definition) is 0. The third-order valence-electron chi connectivity index (χ3n) is 3.67. The van der Waals surface area contributed by atoms with E-state index in [1.54, 1.807) is 35.2 Å². The van der Waals surface area contributed by atoms with E-state index in [-0.39, 0.29) is 11.6 Å². The number of para-hydroxylation sites is 1. The topological polar surface area (TPSA) is 75.8 Å². The largest absolute Gasteiger partial charge is 0.287 e. The second kappa shape index (κ2) is 7.72. The molecule has 1 fully saturated rings. The summed E-state index contributed by atoms with van der Waals surface area (Å²) in [5, 5.41) is 11.8. The maximum absolute atomic E-state index is 12.6. The number of nitro benzene ring substituents is 1. The summed E-state index contributed by atoms with van der Waals surface area (Å²) in [4.78, 5) is 29.5. The SMILES string of the molecule is CCN1C(=O)/C(=C\c2ccc([N+](=O)[O-])cc2)SC1=Nc1ccccc1Cl. The molecule has 26 heavy (non-hydrogen) atoms. The van der Waals surface area contributed by atoms with Crippen LogP contribution in [0.15, 0.2) is 58.4 Å². The van der Waals surface area contributed by atoms with E-state index >= 15 is 0 Å². The van der Waals surface area contributed by atoms with Crippen LogP contribution in [0.25, 0.3) is 6.08 Å². The molecule has 6 nitrogen and oxygen atoms in total. The predicted octanol–water partition coefficient (Wildman–Crippen LogP) is 4.87. The maximum atomic E-state index is 12.6. The number of amidine groups is 1. The van der Waals surface area contributed by atoms with E-state index in [4.69, 9.17) is 11.6 Å². The minimum Gasteiger partial charge on any atom is -0.287 e. The molecule has 0 aromatic heterocycles. The Balaban J connectivity index is 1.91. The van der Waals surface area contributed by atoms with E-state index in [9.17, 15) is 14.9 Å². The summed E-state index contributed by atoms with van der Waals surface area (Å²) < 4.78 is 0.